The van der Waals surface area contributed by atoms with E-state index in [1.165, 1.54) is 28.6 Å². The van der Waals surface area contributed by atoms with Gasteiger partial charge in [-0.05, 0) is 49.9 Å². The van der Waals surface area contributed by atoms with Crippen molar-refractivity contribution < 1.29 is 18.0 Å². The van der Waals surface area contributed by atoms with Crippen LogP contribution in [0.3, 0.4) is 0 Å². The van der Waals surface area contributed by atoms with Crippen LogP contribution in [0.4, 0.5) is 0 Å². The Bertz CT molecular complexity index is 821. The van der Waals surface area contributed by atoms with Crippen LogP contribution in [0.1, 0.15) is 38.5 Å². The summed E-state index contributed by atoms with van der Waals surface area (Å²) >= 11 is 5.85. The van der Waals surface area contributed by atoms with Gasteiger partial charge in [-0.25, -0.2) is 8.42 Å². The summed E-state index contributed by atoms with van der Waals surface area (Å²) in [5.74, 6) is -0.784. The molecule has 0 radical (unpaired) electrons. The second-order valence-electron chi connectivity index (χ2n) is 7.67. The zero-order chi connectivity index (χ0) is 20.9. The molecule has 9 heteroatoms. The maximum atomic E-state index is 12.9. The van der Waals surface area contributed by atoms with E-state index in [2.05, 4.69) is 5.32 Å². The van der Waals surface area contributed by atoms with Crippen LogP contribution in [0.5, 0.6) is 0 Å². The fourth-order valence-corrected chi connectivity index (χ4v) is 5.52. The fourth-order valence-electron chi connectivity index (χ4n) is 3.87. The van der Waals surface area contributed by atoms with E-state index < -0.39 is 15.9 Å². The Morgan fingerprint density at radius 3 is 2.31 bits per heavy atom. The van der Waals surface area contributed by atoms with Crippen molar-refractivity contribution in [1.29, 1.82) is 0 Å². The number of halogens is 1. The predicted molar refractivity (Wildman–Crippen MR) is 111 cm³/mol. The number of carbonyl (C=O) groups is 2. The third-order valence-corrected chi connectivity index (χ3v) is 7.71. The standard InChI is InChI=1S/C20H28ClN3O4S/c21-17-7-9-18(10-8-17)29(27,28)24-13-5-6-16(15-24)20(26)22-14-19(25)23-11-3-1-2-4-12-23/h7-10,16H,1-6,11-15H2,(H,22,26)/t16-/m0/s1. The summed E-state index contributed by atoms with van der Waals surface area (Å²) in [5.41, 5.74) is 0. The molecule has 1 aromatic rings. The Morgan fingerprint density at radius 2 is 1.66 bits per heavy atom. The lowest BCUT2D eigenvalue weighted by Gasteiger charge is -2.31. The highest BCUT2D eigenvalue weighted by Crippen LogP contribution is 2.25. The normalized spacial score (nSPS) is 21.4. The Hall–Kier alpha value is -1.64. The third-order valence-electron chi connectivity index (χ3n) is 5.58. The molecule has 0 bridgehead atoms. The van der Waals surface area contributed by atoms with E-state index in [0.29, 0.717) is 24.4 Å². The lowest BCUT2D eigenvalue weighted by Crippen LogP contribution is -2.47. The SMILES string of the molecule is O=C(NCC(=O)N1CCCCCC1)[C@H]1CCCN(S(=O)(=O)c2ccc(Cl)cc2)C1. The molecule has 29 heavy (non-hydrogen) atoms. The molecule has 1 aromatic carbocycles. The van der Waals surface area contributed by atoms with E-state index in [-0.39, 0.29) is 29.8 Å². The second-order valence-corrected chi connectivity index (χ2v) is 10.0. The monoisotopic (exact) mass is 441 g/mol. The molecule has 0 unspecified atom stereocenters. The van der Waals surface area contributed by atoms with Crippen molar-refractivity contribution in [2.75, 3.05) is 32.7 Å². The van der Waals surface area contributed by atoms with E-state index in [0.717, 1.165) is 38.8 Å². The molecule has 2 heterocycles. The first kappa shape index (κ1) is 22.1. The molecule has 0 spiro atoms. The van der Waals surface area contributed by atoms with Crippen molar-refractivity contribution in [1.82, 2.24) is 14.5 Å². The summed E-state index contributed by atoms with van der Waals surface area (Å²) < 4.78 is 27.1. The second kappa shape index (κ2) is 9.91. The number of amides is 2. The summed E-state index contributed by atoms with van der Waals surface area (Å²) in [6.45, 7) is 1.95. The number of hydrogen-bond acceptors (Lipinski definition) is 4. The molecular weight excluding hydrogens is 414 g/mol. The molecule has 2 aliphatic rings. The molecule has 1 N–H and O–H groups in total. The van der Waals surface area contributed by atoms with Gasteiger partial charge in [0.25, 0.3) is 0 Å². The highest BCUT2D eigenvalue weighted by molar-refractivity contribution is 7.89. The maximum absolute atomic E-state index is 12.9. The van der Waals surface area contributed by atoms with Gasteiger partial charge in [-0.1, -0.05) is 24.4 Å². The van der Waals surface area contributed by atoms with Gasteiger partial charge in [0.15, 0.2) is 0 Å². The van der Waals surface area contributed by atoms with Gasteiger partial charge in [0.05, 0.1) is 17.4 Å². The molecule has 0 saturated carbocycles. The molecule has 7 nitrogen and oxygen atoms in total. The quantitative estimate of drug-likeness (QED) is 0.759. The number of likely N-dealkylation sites (tertiary alicyclic amines) is 1. The van der Waals surface area contributed by atoms with Gasteiger partial charge in [0.2, 0.25) is 21.8 Å². The van der Waals surface area contributed by atoms with Crippen LogP contribution in [0.2, 0.25) is 5.02 Å². The summed E-state index contributed by atoms with van der Waals surface area (Å²) in [7, 11) is -3.68. The summed E-state index contributed by atoms with van der Waals surface area (Å²) in [6.07, 6.45) is 5.48. The number of benzene rings is 1. The number of hydrogen-bond donors (Lipinski definition) is 1. The highest BCUT2D eigenvalue weighted by atomic mass is 35.5. The Kier molecular flexibility index (Phi) is 7.54. The van der Waals surface area contributed by atoms with Gasteiger partial charge in [-0.3, -0.25) is 9.59 Å². The van der Waals surface area contributed by atoms with Crippen molar-refractivity contribution in [2.45, 2.75) is 43.4 Å². The van der Waals surface area contributed by atoms with Gasteiger partial charge in [-0.2, -0.15) is 4.31 Å². The van der Waals surface area contributed by atoms with Crippen molar-refractivity contribution in [3.8, 4) is 0 Å². The van der Waals surface area contributed by atoms with Crippen LogP contribution in [0, 0.1) is 5.92 Å². The number of carbonyl (C=O) groups excluding carboxylic acids is 2. The molecule has 0 aliphatic carbocycles. The van der Waals surface area contributed by atoms with E-state index in [9.17, 15) is 18.0 Å². The van der Waals surface area contributed by atoms with Crippen LogP contribution in [0.25, 0.3) is 0 Å². The van der Waals surface area contributed by atoms with Gasteiger partial charge >= 0.3 is 0 Å². The molecular formula is C20H28ClN3O4S. The van der Waals surface area contributed by atoms with Crippen molar-refractivity contribution in [3.05, 3.63) is 29.3 Å². The van der Waals surface area contributed by atoms with Gasteiger partial charge < -0.3 is 10.2 Å². The van der Waals surface area contributed by atoms with Crippen LogP contribution in [0.15, 0.2) is 29.2 Å². The first-order valence-corrected chi connectivity index (χ1v) is 12.0. The zero-order valence-corrected chi connectivity index (χ0v) is 18.1. The van der Waals surface area contributed by atoms with Crippen LogP contribution >= 0.6 is 11.6 Å². The minimum Gasteiger partial charge on any atom is -0.347 e. The van der Waals surface area contributed by atoms with Gasteiger partial charge in [0, 0.05) is 31.2 Å². The van der Waals surface area contributed by atoms with Gasteiger partial charge in [0.1, 0.15) is 0 Å². The predicted octanol–water partition coefficient (Wildman–Crippen LogP) is 2.26. The van der Waals surface area contributed by atoms with E-state index in [1.54, 1.807) is 0 Å². The Morgan fingerprint density at radius 1 is 1.00 bits per heavy atom. The lowest BCUT2D eigenvalue weighted by molar-refractivity contribution is -0.134. The molecule has 1 atom stereocenters. The zero-order valence-electron chi connectivity index (χ0n) is 16.5. The minimum absolute atomic E-state index is 0.0285. The molecule has 160 valence electrons. The minimum atomic E-state index is -3.68. The number of rotatable bonds is 5. The molecule has 2 aliphatic heterocycles. The molecule has 0 aromatic heterocycles. The number of nitrogens with zero attached hydrogens (tertiary/aromatic N) is 2. The summed E-state index contributed by atoms with van der Waals surface area (Å²) in [4.78, 5) is 26.9. The number of piperidine rings is 1. The summed E-state index contributed by atoms with van der Waals surface area (Å²) in [6, 6.07) is 6.02. The van der Waals surface area contributed by atoms with Crippen LogP contribution < -0.4 is 5.32 Å². The van der Waals surface area contributed by atoms with Gasteiger partial charge in [-0.15, -0.1) is 0 Å². The average molecular weight is 442 g/mol. The van der Waals surface area contributed by atoms with Crippen molar-refractivity contribution in [2.24, 2.45) is 5.92 Å². The molecule has 2 saturated heterocycles. The molecule has 3 rings (SSSR count). The Labute approximate surface area is 177 Å². The Balaban J connectivity index is 1.56. The maximum Gasteiger partial charge on any atom is 0.243 e. The van der Waals surface area contributed by atoms with Crippen molar-refractivity contribution in [3.63, 3.8) is 0 Å². The first-order valence-electron chi connectivity index (χ1n) is 10.2. The van der Waals surface area contributed by atoms with E-state index in [1.807, 2.05) is 4.90 Å². The third kappa shape index (κ3) is 5.71. The lowest BCUT2D eigenvalue weighted by atomic mass is 9.99. The van der Waals surface area contributed by atoms with E-state index in [4.69, 9.17) is 11.6 Å². The van der Waals surface area contributed by atoms with Crippen LogP contribution in [-0.4, -0.2) is 62.2 Å². The highest BCUT2D eigenvalue weighted by Gasteiger charge is 2.33. The number of nitrogens with one attached hydrogen (secondary N) is 1. The molecule has 2 fully saturated rings. The number of sulfonamides is 1. The summed E-state index contributed by atoms with van der Waals surface area (Å²) in [5, 5.41) is 3.19. The smallest absolute Gasteiger partial charge is 0.243 e. The van der Waals surface area contributed by atoms with Crippen molar-refractivity contribution >= 4 is 33.4 Å². The first-order chi connectivity index (χ1) is 13.9. The average Bonchev–Trinajstić information content (AvgIpc) is 3.02. The topological polar surface area (TPSA) is 86.8 Å². The largest absolute Gasteiger partial charge is 0.347 e. The van der Waals surface area contributed by atoms with E-state index >= 15 is 0 Å². The molecule has 2 amide bonds. The fraction of sp³-hybridized carbons (Fsp3) is 0.600. The van der Waals surface area contributed by atoms with Crippen LogP contribution in [-0.2, 0) is 19.6 Å².